The van der Waals surface area contributed by atoms with E-state index in [1.807, 2.05) is 0 Å². The van der Waals surface area contributed by atoms with E-state index in [0.29, 0.717) is 17.9 Å². The van der Waals surface area contributed by atoms with Crippen molar-refractivity contribution < 1.29 is 14.7 Å². The highest BCUT2D eigenvalue weighted by atomic mass is 16.4. The highest BCUT2D eigenvalue weighted by Gasteiger charge is 2.15. The molecule has 1 rings (SSSR count). The molecule has 6 nitrogen and oxygen atoms in total. The van der Waals surface area contributed by atoms with Crippen molar-refractivity contribution in [3.05, 3.63) is 17.7 Å². The number of carboxylic acids is 1. The minimum absolute atomic E-state index is 0.0175. The van der Waals surface area contributed by atoms with Crippen LogP contribution in [0.15, 0.2) is 6.20 Å². The van der Waals surface area contributed by atoms with Gasteiger partial charge in [-0.3, -0.25) is 9.59 Å². The first-order chi connectivity index (χ1) is 12.5. The van der Waals surface area contributed by atoms with E-state index >= 15 is 0 Å². The molecule has 0 aliphatic rings. The molecule has 0 aliphatic heterocycles. The molecular formula is C20H35N3O3. The number of nitrogens with two attached hydrogens (primary N) is 1. The Labute approximate surface area is 157 Å². The Morgan fingerprint density at radius 2 is 1.58 bits per heavy atom. The van der Waals surface area contributed by atoms with Crippen molar-refractivity contribution in [1.82, 2.24) is 9.97 Å². The summed E-state index contributed by atoms with van der Waals surface area (Å²) in [6.45, 7) is 2.24. The van der Waals surface area contributed by atoms with Gasteiger partial charge in [0, 0.05) is 24.7 Å². The number of nitrogens with one attached hydrogen (secondary N) is 1. The number of ketones is 1. The second-order valence-electron chi connectivity index (χ2n) is 7.11. The Balaban J connectivity index is 2.06. The van der Waals surface area contributed by atoms with Crippen molar-refractivity contribution in [2.75, 3.05) is 0 Å². The molecule has 1 aromatic heterocycles. The fraction of sp³-hybridized carbons (Fsp3) is 0.750. The summed E-state index contributed by atoms with van der Waals surface area (Å²) in [4.78, 5) is 29.8. The standard InChI is InChI=1S/C20H35N3O3/c1-2-3-4-5-6-7-8-9-10-11-12-13-18(24)19-22-15-16(23-19)14-17(21)20(25)26/h15,17H,2-14,21H2,1H3,(H,22,23)(H,25,26). The van der Waals surface area contributed by atoms with Crippen LogP contribution < -0.4 is 5.73 Å². The zero-order valence-electron chi connectivity index (χ0n) is 16.1. The summed E-state index contributed by atoms with van der Waals surface area (Å²) in [6, 6.07) is -0.981. The third-order valence-electron chi connectivity index (χ3n) is 4.66. The van der Waals surface area contributed by atoms with Crippen LogP contribution in [0.2, 0.25) is 0 Å². The lowest BCUT2D eigenvalue weighted by Gasteiger charge is -2.03. The van der Waals surface area contributed by atoms with E-state index < -0.39 is 12.0 Å². The van der Waals surface area contributed by atoms with Crippen molar-refractivity contribution in [2.45, 2.75) is 96.4 Å². The van der Waals surface area contributed by atoms with Crippen LogP contribution in [0.25, 0.3) is 0 Å². The van der Waals surface area contributed by atoms with Crippen molar-refractivity contribution in [3.8, 4) is 0 Å². The van der Waals surface area contributed by atoms with Gasteiger partial charge in [0.1, 0.15) is 6.04 Å². The average molecular weight is 366 g/mol. The lowest BCUT2D eigenvalue weighted by Crippen LogP contribution is -2.32. The van der Waals surface area contributed by atoms with Gasteiger partial charge in [-0.25, -0.2) is 4.98 Å². The normalized spacial score (nSPS) is 12.2. The van der Waals surface area contributed by atoms with E-state index in [4.69, 9.17) is 10.8 Å². The van der Waals surface area contributed by atoms with Gasteiger partial charge >= 0.3 is 5.97 Å². The number of carbonyl (C=O) groups excluding carboxylic acids is 1. The summed E-state index contributed by atoms with van der Waals surface area (Å²) < 4.78 is 0. The summed E-state index contributed by atoms with van der Waals surface area (Å²) in [5.74, 6) is -0.769. The van der Waals surface area contributed by atoms with Gasteiger partial charge in [-0.05, 0) is 6.42 Å². The average Bonchev–Trinajstić information content (AvgIpc) is 3.08. The van der Waals surface area contributed by atoms with Gasteiger partial charge in [0.2, 0.25) is 0 Å². The van der Waals surface area contributed by atoms with Gasteiger partial charge in [-0.2, -0.15) is 0 Å². The third-order valence-corrected chi connectivity index (χ3v) is 4.66. The molecule has 6 heteroatoms. The Morgan fingerprint density at radius 1 is 1.04 bits per heavy atom. The molecule has 0 saturated heterocycles. The number of aliphatic carboxylic acids is 1. The Bertz CT molecular complexity index is 528. The van der Waals surface area contributed by atoms with Crippen molar-refractivity contribution >= 4 is 11.8 Å². The summed E-state index contributed by atoms with van der Waals surface area (Å²) in [5, 5.41) is 8.80. The number of H-pyrrole nitrogens is 1. The summed E-state index contributed by atoms with van der Waals surface area (Å²) in [5.41, 5.74) is 6.07. The van der Waals surface area contributed by atoms with E-state index in [1.54, 1.807) is 0 Å². The quantitative estimate of drug-likeness (QED) is 0.300. The lowest BCUT2D eigenvalue weighted by molar-refractivity contribution is -0.138. The van der Waals surface area contributed by atoms with E-state index in [0.717, 1.165) is 12.8 Å². The maximum Gasteiger partial charge on any atom is 0.320 e. The number of aromatic amines is 1. The number of imidazole rings is 1. The lowest BCUT2D eigenvalue weighted by atomic mass is 10.0. The molecule has 1 unspecified atom stereocenters. The zero-order valence-corrected chi connectivity index (χ0v) is 16.1. The molecule has 1 heterocycles. The number of unbranched alkanes of at least 4 members (excludes halogenated alkanes) is 10. The Kier molecular flexibility index (Phi) is 11.6. The molecule has 1 atom stereocenters. The van der Waals surface area contributed by atoms with Gasteiger partial charge < -0.3 is 15.8 Å². The van der Waals surface area contributed by atoms with Gasteiger partial charge in [-0.1, -0.05) is 71.1 Å². The first-order valence-electron chi connectivity index (χ1n) is 10.1. The van der Waals surface area contributed by atoms with Gasteiger partial charge in [0.15, 0.2) is 11.6 Å². The van der Waals surface area contributed by atoms with Crippen LogP contribution >= 0.6 is 0 Å². The highest BCUT2D eigenvalue weighted by molar-refractivity contribution is 5.92. The van der Waals surface area contributed by atoms with Crippen LogP contribution in [0.1, 0.15) is 100 Å². The molecule has 26 heavy (non-hydrogen) atoms. The predicted octanol–water partition coefficient (Wildman–Crippen LogP) is 4.25. The molecule has 1 aromatic rings. The minimum atomic E-state index is -1.06. The number of nitrogens with zero attached hydrogens (tertiary/aromatic N) is 1. The Hall–Kier alpha value is -1.69. The van der Waals surface area contributed by atoms with Gasteiger partial charge in [0.05, 0.1) is 0 Å². The third kappa shape index (κ3) is 9.70. The van der Waals surface area contributed by atoms with Gasteiger partial charge in [-0.15, -0.1) is 0 Å². The monoisotopic (exact) mass is 365 g/mol. The first kappa shape index (κ1) is 22.4. The smallest absolute Gasteiger partial charge is 0.320 e. The molecule has 0 fully saturated rings. The fourth-order valence-electron chi connectivity index (χ4n) is 3.00. The zero-order chi connectivity index (χ0) is 19.2. The number of carboxylic acid groups (broad SMARTS) is 1. The summed E-state index contributed by atoms with van der Waals surface area (Å²) in [7, 11) is 0. The molecule has 0 amide bonds. The number of aromatic nitrogens is 2. The number of carbonyl (C=O) groups is 2. The molecule has 0 saturated carbocycles. The van der Waals surface area contributed by atoms with Crippen LogP contribution in [0.4, 0.5) is 0 Å². The van der Waals surface area contributed by atoms with Crippen LogP contribution in [0.5, 0.6) is 0 Å². The van der Waals surface area contributed by atoms with Crippen molar-refractivity contribution in [3.63, 3.8) is 0 Å². The Morgan fingerprint density at radius 3 is 2.12 bits per heavy atom. The van der Waals surface area contributed by atoms with Crippen LogP contribution in [-0.2, 0) is 11.2 Å². The molecule has 0 aromatic carbocycles. The minimum Gasteiger partial charge on any atom is -0.480 e. The highest BCUT2D eigenvalue weighted by Crippen LogP contribution is 2.13. The number of hydrogen-bond acceptors (Lipinski definition) is 4. The number of Topliss-reactive ketones (excluding diaryl/α,β-unsaturated/α-hetero) is 1. The van der Waals surface area contributed by atoms with E-state index in [-0.39, 0.29) is 12.2 Å². The van der Waals surface area contributed by atoms with Crippen molar-refractivity contribution in [2.24, 2.45) is 5.73 Å². The summed E-state index contributed by atoms with van der Waals surface area (Å²) in [6.07, 6.45) is 15.9. The summed E-state index contributed by atoms with van der Waals surface area (Å²) >= 11 is 0. The van der Waals surface area contributed by atoms with E-state index in [9.17, 15) is 9.59 Å². The molecule has 148 valence electrons. The second-order valence-corrected chi connectivity index (χ2v) is 7.11. The maximum absolute atomic E-state index is 12.1. The van der Waals surface area contributed by atoms with Crippen LogP contribution in [-0.4, -0.2) is 32.9 Å². The topological polar surface area (TPSA) is 109 Å². The molecule has 0 radical (unpaired) electrons. The predicted molar refractivity (Wildman–Crippen MR) is 103 cm³/mol. The molecular weight excluding hydrogens is 330 g/mol. The molecule has 0 spiro atoms. The number of hydrogen-bond donors (Lipinski definition) is 3. The van der Waals surface area contributed by atoms with Crippen LogP contribution in [0, 0.1) is 0 Å². The molecule has 0 bridgehead atoms. The molecule has 4 N–H and O–H groups in total. The van der Waals surface area contributed by atoms with Crippen molar-refractivity contribution in [1.29, 1.82) is 0 Å². The largest absolute Gasteiger partial charge is 0.480 e. The fourth-order valence-corrected chi connectivity index (χ4v) is 3.00. The van der Waals surface area contributed by atoms with E-state index in [2.05, 4.69) is 16.9 Å². The first-order valence-corrected chi connectivity index (χ1v) is 10.1. The molecule has 0 aliphatic carbocycles. The van der Waals surface area contributed by atoms with E-state index in [1.165, 1.54) is 64.0 Å². The SMILES string of the molecule is CCCCCCCCCCCCCC(=O)c1ncc(CC(N)C(=O)O)[nH]1. The second kappa shape index (κ2) is 13.5. The van der Waals surface area contributed by atoms with Gasteiger partial charge in [0.25, 0.3) is 0 Å². The van der Waals surface area contributed by atoms with Crippen LogP contribution in [0.3, 0.4) is 0 Å². The number of rotatable bonds is 16. The maximum atomic E-state index is 12.1.